The van der Waals surface area contributed by atoms with Crippen molar-refractivity contribution in [3.05, 3.63) is 184 Å². The van der Waals surface area contributed by atoms with Crippen molar-refractivity contribution in [2.24, 2.45) is 20.4 Å². The summed E-state index contributed by atoms with van der Waals surface area (Å²) < 4.78 is 8.36. The second-order valence-electron chi connectivity index (χ2n) is 16.6. The summed E-state index contributed by atoms with van der Waals surface area (Å²) in [5, 5.41) is 53.9. The van der Waals surface area contributed by atoms with Crippen molar-refractivity contribution in [1.82, 2.24) is 9.97 Å². The fourth-order valence-electron chi connectivity index (χ4n) is 7.89. The van der Waals surface area contributed by atoms with E-state index in [1.54, 1.807) is 7.11 Å². The molecule has 2 N–H and O–H groups in total. The van der Waals surface area contributed by atoms with Crippen molar-refractivity contribution in [1.29, 1.82) is 0 Å². The Balaban J connectivity index is 0.000000229. The number of allylic oxidation sites excluding steroid dienone is 7. The van der Waals surface area contributed by atoms with E-state index in [2.05, 4.69) is 155 Å². The molecule has 0 fully saturated rings. The minimum absolute atomic E-state index is 0. The Morgan fingerprint density at radius 3 is 1.76 bits per heavy atom. The third-order valence-electron chi connectivity index (χ3n) is 12.1. The van der Waals surface area contributed by atoms with Gasteiger partial charge in [0.05, 0.1) is 22.4 Å². The molecule has 22 heteroatoms. The molecule has 0 spiro atoms. The number of fused-ring (bicyclic) bond motifs is 1. The number of benzene rings is 3. The molecule has 0 saturated carbocycles. The Morgan fingerprint density at radius 1 is 0.770 bits per heavy atom. The van der Waals surface area contributed by atoms with E-state index in [0.29, 0.717) is 0 Å². The van der Waals surface area contributed by atoms with E-state index in [1.807, 2.05) is 0 Å². The Kier molecular flexibility index (Phi) is 19.7. The van der Waals surface area contributed by atoms with Crippen LogP contribution in [0.4, 0.5) is 21.4 Å². The molecule has 1 aliphatic heterocycles. The molecule has 0 bridgehead atoms. The minimum Gasteiger partial charge on any atom is -0.506 e. The van der Waals surface area contributed by atoms with Crippen molar-refractivity contribution in [2.75, 3.05) is 25.1 Å². The molecule has 1 unspecified atom stereocenters. The van der Waals surface area contributed by atoms with E-state index in [4.69, 9.17) is 4.74 Å². The van der Waals surface area contributed by atoms with Gasteiger partial charge in [0.15, 0.2) is 23.8 Å². The number of aliphatic hydroxyl groups is 2. The molecule has 2 aromatic heterocycles. The topological polar surface area (TPSA) is 254 Å². The monoisotopic (exact) mass is 1080 g/mol. The zero-order chi connectivity index (χ0) is 53.0. The number of aliphatic hydroxyl groups excluding tert-OH is 2. The Bertz CT molecular complexity index is 3230. The van der Waals surface area contributed by atoms with Crippen molar-refractivity contribution < 1.29 is 55.7 Å². The minimum atomic E-state index is -0.583. The van der Waals surface area contributed by atoms with E-state index >= 15 is 0 Å². The van der Waals surface area contributed by atoms with E-state index < -0.39 is 9.85 Å². The van der Waals surface area contributed by atoms with Crippen molar-refractivity contribution in [2.45, 2.75) is 66.8 Å². The van der Waals surface area contributed by atoms with Gasteiger partial charge in [0, 0.05) is 105 Å². The third-order valence-corrected chi connectivity index (χ3v) is 13.8. The molecule has 3 aromatic carbocycles. The fraction of sp³-hybridized carbons (Fsp3) is 0.250. The van der Waals surface area contributed by atoms with Gasteiger partial charge in [0.2, 0.25) is 5.69 Å². The zero-order valence-corrected chi connectivity index (χ0v) is 44.3. The molecule has 74 heavy (non-hydrogen) atoms. The molecule has 0 saturated heterocycles. The normalized spacial score (nSPS) is 17.4. The van der Waals surface area contributed by atoms with Gasteiger partial charge in [-0.2, -0.15) is 4.58 Å². The number of hydrogen-bond donors (Lipinski definition) is 2. The SMILES string of the molecule is CCN(CC)c1ccc(/C=C/C2=[N+](Cc3cc(C)c(C)c(C)c3)c3ccccc3C2(C)CC)c(OC)c1.O=C1C=CC(=NN=c2[n-]cc([N+](=O)[O-])s2)C(O)=C1.O=C1C=CC(=NN=c2[n-]cc([N+](=O)[O-])s2)C(O)=C1.[Co]. The molecule has 2 aliphatic carbocycles. The summed E-state index contributed by atoms with van der Waals surface area (Å²) in [6, 6.07) is 20.2. The number of thiazole rings is 2. The number of rotatable bonds is 13. The number of nitro groups is 2. The van der Waals surface area contributed by atoms with Gasteiger partial charge in [0.25, 0.3) is 0 Å². The summed E-state index contributed by atoms with van der Waals surface area (Å²) in [4.78, 5) is 51.3. The van der Waals surface area contributed by atoms with Gasteiger partial charge in [0.1, 0.15) is 28.7 Å². The number of aromatic nitrogens is 2. The summed E-state index contributed by atoms with van der Waals surface area (Å²) >= 11 is 1.51. The predicted octanol–water partition coefficient (Wildman–Crippen LogP) is 9.05. The number of nitrogens with zero attached hydrogens (tertiary/aromatic N) is 10. The largest absolute Gasteiger partial charge is 0.506 e. The molecule has 19 nitrogen and oxygen atoms in total. The third kappa shape index (κ3) is 13.8. The van der Waals surface area contributed by atoms with Crippen LogP contribution in [0.2, 0.25) is 0 Å². The number of carbonyl (C=O) groups is 2. The van der Waals surface area contributed by atoms with Crippen LogP contribution in [-0.2, 0) is 38.3 Å². The van der Waals surface area contributed by atoms with E-state index in [9.17, 15) is 40.0 Å². The van der Waals surface area contributed by atoms with E-state index in [-0.39, 0.29) is 76.3 Å². The summed E-state index contributed by atoms with van der Waals surface area (Å²) in [7, 11) is 1.77. The first-order chi connectivity index (χ1) is 34.9. The molecular weight excluding hydrogens is 1030 g/mol. The number of ketones is 2. The molecule has 387 valence electrons. The van der Waals surface area contributed by atoms with Gasteiger partial charge < -0.3 is 40.0 Å². The first kappa shape index (κ1) is 57.0. The molecule has 3 heterocycles. The molecule has 5 aromatic rings. The standard InChI is InChI=1S/C34H43N2O.2C9H6N4O4S.Co/c1-9-34(7)30-14-12-13-15-31(30)36(23-27-20-24(4)26(6)25(5)21-27)33(34)19-17-28-16-18-29(22-32(28)37-8)35(10-2)11-3;2*14-5-1-2-6(7(15)3-5)11-12-9-10-4-8(18-9)13(16)17;/h12-22H,9-11,23H2,1-8H3;2*1-4H,(H2,10,12,14,15);/q+1;;;/p-2. The van der Waals surface area contributed by atoms with Gasteiger partial charge in [-0.25, -0.2) is 0 Å². The molecule has 1 atom stereocenters. The van der Waals surface area contributed by atoms with Crippen LogP contribution >= 0.6 is 22.7 Å². The fourth-order valence-corrected chi connectivity index (χ4v) is 9.00. The first-order valence-corrected chi connectivity index (χ1v) is 24.5. The summed E-state index contributed by atoms with van der Waals surface area (Å²) in [6.45, 7) is 18.5. The predicted molar refractivity (Wildman–Crippen MR) is 283 cm³/mol. The van der Waals surface area contributed by atoms with Crippen LogP contribution in [0.15, 0.2) is 141 Å². The van der Waals surface area contributed by atoms with E-state index in [1.165, 1.54) is 69.2 Å². The first-order valence-electron chi connectivity index (χ1n) is 22.9. The molecule has 3 aliphatic rings. The van der Waals surface area contributed by atoms with Crippen molar-refractivity contribution in [3.63, 3.8) is 0 Å². The Morgan fingerprint density at radius 2 is 1.30 bits per heavy atom. The number of aryl methyl sites for hydroxylation is 2. The molecule has 8 rings (SSSR count). The number of hydrogen-bond acceptors (Lipinski definition) is 16. The van der Waals surface area contributed by atoms with Crippen LogP contribution in [-0.4, -0.2) is 73.5 Å². The van der Waals surface area contributed by atoms with Crippen molar-refractivity contribution >= 4 is 78.8 Å². The van der Waals surface area contributed by atoms with E-state index in [0.717, 1.165) is 84.6 Å². The average Bonchev–Trinajstić information content (AvgIpc) is 4.11. The number of carbonyl (C=O) groups excluding carboxylic acids is 2. The number of methoxy groups -OCH3 is 1. The quantitative estimate of drug-likeness (QED) is 0.0485. The van der Waals surface area contributed by atoms with Crippen LogP contribution in [0.3, 0.4) is 0 Å². The van der Waals surface area contributed by atoms with Gasteiger partial charge >= 0.3 is 10.0 Å². The number of anilines is 1. The van der Waals surface area contributed by atoms with Gasteiger partial charge in [-0.15, -0.1) is 0 Å². The van der Waals surface area contributed by atoms with Crippen LogP contribution in [0.25, 0.3) is 6.08 Å². The number of para-hydroxylation sites is 1. The Labute approximate surface area is 444 Å². The summed E-state index contributed by atoms with van der Waals surface area (Å²) in [5.41, 5.74) is 11.9. The maximum Gasteiger partial charge on any atom is 0.319 e. The zero-order valence-electron chi connectivity index (χ0n) is 41.7. The van der Waals surface area contributed by atoms with Crippen LogP contribution in [0.5, 0.6) is 5.75 Å². The van der Waals surface area contributed by atoms with Gasteiger partial charge in [-0.1, -0.05) is 47.8 Å². The second-order valence-corrected chi connectivity index (χ2v) is 18.6. The smallest absolute Gasteiger partial charge is 0.319 e. The maximum atomic E-state index is 10.9. The molecule has 1 radical (unpaired) electrons. The second kappa shape index (κ2) is 25.6. The maximum absolute atomic E-state index is 10.9. The van der Waals surface area contributed by atoms with Crippen LogP contribution < -0.4 is 29.2 Å². The Hall–Kier alpha value is -7.92. The van der Waals surface area contributed by atoms with Crippen LogP contribution in [0, 0.1) is 41.0 Å². The summed E-state index contributed by atoms with van der Waals surface area (Å²) in [5.74, 6) is -0.409. The van der Waals surface area contributed by atoms with Crippen LogP contribution in [0.1, 0.15) is 67.5 Å². The molecule has 0 amide bonds. The van der Waals surface area contributed by atoms with Crippen molar-refractivity contribution in [3.8, 4) is 5.75 Å². The molecular formula is C52H53CoN10O9S2-. The van der Waals surface area contributed by atoms with Gasteiger partial charge in [-0.05, 0) is 119 Å². The van der Waals surface area contributed by atoms with Gasteiger partial charge in [-0.3, -0.25) is 40.0 Å². The average molecular weight is 1090 g/mol. The summed E-state index contributed by atoms with van der Waals surface area (Å²) in [6.07, 6.45) is 14.8. The number of ether oxygens (including phenoxy) is 1.